The lowest BCUT2D eigenvalue weighted by molar-refractivity contribution is -0.142. The Morgan fingerprint density at radius 1 is 1.61 bits per heavy atom. The number of aromatic nitrogens is 2. The topological polar surface area (TPSA) is 137 Å². The number of rotatable bonds is 4. The average Bonchev–Trinajstić information content (AvgIpc) is 2.94. The first kappa shape index (κ1) is 12.0. The van der Waals surface area contributed by atoms with Crippen LogP contribution in [0.15, 0.2) is 16.5 Å². The number of hydrogen-bond donors (Lipinski definition) is 3. The Morgan fingerprint density at radius 3 is 3.06 bits per heavy atom. The molecule has 1 amide bonds. The molecule has 18 heavy (non-hydrogen) atoms. The van der Waals surface area contributed by atoms with Gasteiger partial charge in [-0.2, -0.15) is 5.10 Å². The standard InChI is InChI=1S/C9H12N6O3/c10-7(16)5-4-11-12-8(5)13-14-15-3-1-2-6(15)9(17)18/h4,6H,1-3H2,(H2,10,16)(H,11,12)(H,17,18). The van der Waals surface area contributed by atoms with Crippen LogP contribution in [-0.2, 0) is 4.79 Å². The van der Waals surface area contributed by atoms with Crippen molar-refractivity contribution in [3.05, 3.63) is 11.8 Å². The minimum atomic E-state index is -0.939. The van der Waals surface area contributed by atoms with E-state index in [4.69, 9.17) is 10.8 Å². The van der Waals surface area contributed by atoms with Gasteiger partial charge in [-0.1, -0.05) is 5.22 Å². The summed E-state index contributed by atoms with van der Waals surface area (Å²) in [4.78, 5) is 21.9. The van der Waals surface area contributed by atoms with Gasteiger partial charge in [0, 0.05) is 6.54 Å². The highest BCUT2D eigenvalue weighted by Gasteiger charge is 2.30. The maximum absolute atomic E-state index is 11.0. The number of nitrogens with two attached hydrogens (primary N) is 1. The molecule has 96 valence electrons. The van der Waals surface area contributed by atoms with E-state index in [9.17, 15) is 9.59 Å². The van der Waals surface area contributed by atoms with Gasteiger partial charge in [-0.3, -0.25) is 14.9 Å². The second-order valence-electron chi connectivity index (χ2n) is 3.85. The molecule has 0 bridgehead atoms. The number of nitrogens with one attached hydrogen (secondary N) is 1. The highest BCUT2D eigenvalue weighted by molar-refractivity contribution is 5.96. The zero-order chi connectivity index (χ0) is 13.1. The molecule has 0 aromatic carbocycles. The molecule has 4 N–H and O–H groups in total. The summed E-state index contributed by atoms with van der Waals surface area (Å²) in [5.74, 6) is -1.49. The van der Waals surface area contributed by atoms with Crippen LogP contribution in [0.1, 0.15) is 23.2 Å². The van der Waals surface area contributed by atoms with Crippen LogP contribution in [0.25, 0.3) is 0 Å². The van der Waals surface area contributed by atoms with Crippen molar-refractivity contribution in [1.29, 1.82) is 0 Å². The van der Waals surface area contributed by atoms with E-state index in [0.29, 0.717) is 13.0 Å². The molecule has 1 fully saturated rings. The van der Waals surface area contributed by atoms with Crippen LogP contribution in [0.2, 0.25) is 0 Å². The summed E-state index contributed by atoms with van der Waals surface area (Å²) in [5, 5.41) is 24.0. The van der Waals surface area contributed by atoms with Crippen molar-refractivity contribution in [3.63, 3.8) is 0 Å². The first-order valence-corrected chi connectivity index (χ1v) is 5.34. The van der Waals surface area contributed by atoms with Crippen molar-refractivity contribution in [2.45, 2.75) is 18.9 Å². The maximum atomic E-state index is 11.0. The predicted octanol–water partition coefficient (Wildman–Crippen LogP) is 0.0563. The van der Waals surface area contributed by atoms with Gasteiger partial charge < -0.3 is 10.8 Å². The minimum absolute atomic E-state index is 0.116. The largest absolute Gasteiger partial charge is 0.480 e. The van der Waals surface area contributed by atoms with Gasteiger partial charge in [0.1, 0.15) is 11.6 Å². The molecule has 9 nitrogen and oxygen atoms in total. The quantitative estimate of drug-likeness (QED) is 0.650. The molecule has 0 saturated carbocycles. The van der Waals surface area contributed by atoms with E-state index in [-0.39, 0.29) is 11.4 Å². The van der Waals surface area contributed by atoms with E-state index in [1.54, 1.807) is 0 Å². The van der Waals surface area contributed by atoms with Crippen LogP contribution < -0.4 is 5.73 Å². The lowest BCUT2D eigenvalue weighted by Crippen LogP contribution is -2.31. The third-order valence-electron chi connectivity index (χ3n) is 2.65. The van der Waals surface area contributed by atoms with E-state index in [1.807, 2.05) is 0 Å². The molecule has 1 aromatic heterocycles. The number of aliphatic carboxylic acids is 1. The van der Waals surface area contributed by atoms with Gasteiger partial charge >= 0.3 is 5.97 Å². The second kappa shape index (κ2) is 4.82. The van der Waals surface area contributed by atoms with Crippen LogP contribution in [0, 0.1) is 0 Å². The number of carboxylic acid groups (broad SMARTS) is 1. The van der Waals surface area contributed by atoms with E-state index < -0.39 is 17.9 Å². The normalized spacial score (nSPS) is 19.6. The zero-order valence-corrected chi connectivity index (χ0v) is 9.41. The smallest absolute Gasteiger partial charge is 0.328 e. The number of H-pyrrole nitrogens is 1. The maximum Gasteiger partial charge on any atom is 0.328 e. The van der Waals surface area contributed by atoms with Crippen LogP contribution in [0.5, 0.6) is 0 Å². The molecular formula is C9H12N6O3. The average molecular weight is 252 g/mol. The van der Waals surface area contributed by atoms with Crippen LogP contribution >= 0.6 is 0 Å². The Kier molecular flexibility index (Phi) is 3.22. The van der Waals surface area contributed by atoms with Crippen molar-refractivity contribution in [1.82, 2.24) is 15.2 Å². The molecule has 1 aliphatic rings. The lowest BCUT2D eigenvalue weighted by Gasteiger charge is -2.14. The van der Waals surface area contributed by atoms with Crippen molar-refractivity contribution in [2.24, 2.45) is 16.1 Å². The molecule has 0 radical (unpaired) electrons. The molecule has 1 aromatic rings. The van der Waals surface area contributed by atoms with Crippen LogP contribution in [-0.4, -0.2) is 44.8 Å². The lowest BCUT2D eigenvalue weighted by atomic mass is 10.2. The number of primary amides is 1. The molecule has 1 atom stereocenters. The van der Waals surface area contributed by atoms with Gasteiger partial charge in [0.05, 0.1) is 6.20 Å². The fourth-order valence-electron chi connectivity index (χ4n) is 1.75. The van der Waals surface area contributed by atoms with Gasteiger partial charge in [-0.15, -0.1) is 5.11 Å². The Morgan fingerprint density at radius 2 is 2.39 bits per heavy atom. The fraction of sp³-hybridized carbons (Fsp3) is 0.444. The number of carbonyl (C=O) groups is 2. The summed E-state index contributed by atoms with van der Waals surface area (Å²) in [6.45, 7) is 0.514. The Balaban J connectivity index is 2.13. The highest BCUT2D eigenvalue weighted by Crippen LogP contribution is 2.20. The molecule has 1 aliphatic heterocycles. The van der Waals surface area contributed by atoms with Gasteiger partial charge in [-0.25, -0.2) is 4.79 Å². The van der Waals surface area contributed by atoms with E-state index in [2.05, 4.69) is 20.5 Å². The van der Waals surface area contributed by atoms with Crippen molar-refractivity contribution in [2.75, 3.05) is 6.54 Å². The number of aromatic amines is 1. The predicted molar refractivity (Wildman–Crippen MR) is 59.0 cm³/mol. The molecule has 2 rings (SSSR count). The molecule has 1 saturated heterocycles. The van der Waals surface area contributed by atoms with E-state index in [1.165, 1.54) is 11.2 Å². The summed E-state index contributed by atoms with van der Waals surface area (Å²) in [6.07, 6.45) is 2.51. The van der Waals surface area contributed by atoms with Gasteiger partial charge in [0.25, 0.3) is 5.91 Å². The summed E-state index contributed by atoms with van der Waals surface area (Å²) in [5.41, 5.74) is 5.23. The first-order chi connectivity index (χ1) is 8.59. The molecule has 1 unspecified atom stereocenters. The summed E-state index contributed by atoms with van der Waals surface area (Å²) in [7, 11) is 0. The number of carbonyl (C=O) groups excluding carboxylic acids is 1. The monoisotopic (exact) mass is 252 g/mol. The number of carboxylic acids is 1. The third-order valence-corrected chi connectivity index (χ3v) is 2.65. The molecule has 9 heteroatoms. The van der Waals surface area contributed by atoms with Gasteiger partial charge in [0.2, 0.25) is 0 Å². The molecular weight excluding hydrogens is 240 g/mol. The highest BCUT2D eigenvalue weighted by atomic mass is 16.4. The first-order valence-electron chi connectivity index (χ1n) is 5.34. The van der Waals surface area contributed by atoms with Gasteiger partial charge in [-0.05, 0) is 12.8 Å². The zero-order valence-electron chi connectivity index (χ0n) is 9.41. The summed E-state index contributed by atoms with van der Waals surface area (Å²) in [6, 6.07) is -0.673. The second-order valence-corrected chi connectivity index (χ2v) is 3.85. The van der Waals surface area contributed by atoms with E-state index in [0.717, 1.165) is 6.42 Å². The molecule has 2 heterocycles. The van der Waals surface area contributed by atoms with Crippen LogP contribution in [0.3, 0.4) is 0 Å². The van der Waals surface area contributed by atoms with E-state index >= 15 is 0 Å². The minimum Gasteiger partial charge on any atom is -0.480 e. The Labute approximate surface area is 102 Å². The summed E-state index contributed by atoms with van der Waals surface area (Å²) >= 11 is 0. The van der Waals surface area contributed by atoms with Crippen molar-refractivity contribution < 1.29 is 14.7 Å². The van der Waals surface area contributed by atoms with Crippen LogP contribution in [0.4, 0.5) is 5.82 Å². The van der Waals surface area contributed by atoms with Crippen molar-refractivity contribution >= 4 is 17.7 Å². The fourth-order valence-corrected chi connectivity index (χ4v) is 1.75. The van der Waals surface area contributed by atoms with Gasteiger partial charge in [0.15, 0.2) is 5.82 Å². The Hall–Kier alpha value is -2.45. The third kappa shape index (κ3) is 2.29. The SMILES string of the molecule is NC(=O)c1cn[nH]c1N=NN1CCCC1C(=O)O. The van der Waals surface area contributed by atoms with Crippen molar-refractivity contribution in [3.8, 4) is 0 Å². The number of nitrogens with zero attached hydrogens (tertiary/aromatic N) is 4. The Bertz CT molecular complexity index is 496. The number of amides is 1. The molecule has 0 spiro atoms. The number of hydrogen-bond acceptors (Lipinski definition) is 5. The summed E-state index contributed by atoms with van der Waals surface area (Å²) < 4.78 is 0. The molecule has 0 aliphatic carbocycles.